The molecule has 2 unspecified atom stereocenters. The molecule has 17 heavy (non-hydrogen) atoms. The zero-order chi connectivity index (χ0) is 12.7. The molecule has 0 bridgehead atoms. The van der Waals surface area contributed by atoms with Gasteiger partial charge in [-0.3, -0.25) is 4.79 Å². The van der Waals surface area contributed by atoms with Gasteiger partial charge in [0.15, 0.2) is 0 Å². The lowest BCUT2D eigenvalue weighted by atomic mass is 10.1. The maximum atomic E-state index is 11.6. The summed E-state index contributed by atoms with van der Waals surface area (Å²) in [5, 5.41) is 2.78. The normalized spacial score (nSPS) is 13.8. The maximum absolute atomic E-state index is 11.6. The minimum Gasteiger partial charge on any atom is -0.349 e. The van der Waals surface area contributed by atoms with Crippen LogP contribution in [-0.4, -0.2) is 18.0 Å². The molecule has 0 aliphatic heterocycles. The molecule has 1 amide bonds. The molecule has 0 radical (unpaired) electrons. The zero-order valence-electron chi connectivity index (χ0n) is 10.2. The van der Waals surface area contributed by atoms with E-state index >= 15 is 0 Å². The topological polar surface area (TPSA) is 55.1 Å². The first kappa shape index (κ1) is 13.5. The molecular weight excluding hydrogens is 212 g/mol. The Morgan fingerprint density at radius 1 is 1.47 bits per heavy atom. The summed E-state index contributed by atoms with van der Waals surface area (Å²) in [6.07, 6.45) is 3.15. The fraction of sp³-hybridized carbons (Fsp3) is 0.357. The smallest absolute Gasteiger partial charge is 0.237 e. The van der Waals surface area contributed by atoms with E-state index in [0.717, 1.165) is 6.42 Å². The number of nitrogens with one attached hydrogen (secondary N) is 1. The van der Waals surface area contributed by atoms with Gasteiger partial charge in [-0.15, -0.1) is 6.58 Å². The van der Waals surface area contributed by atoms with Crippen molar-refractivity contribution in [2.24, 2.45) is 5.73 Å². The molecule has 0 aromatic heterocycles. The highest BCUT2D eigenvalue weighted by Gasteiger charge is 2.14. The van der Waals surface area contributed by atoms with Gasteiger partial charge in [0.1, 0.15) is 0 Å². The molecule has 0 fully saturated rings. The van der Waals surface area contributed by atoms with Crippen LogP contribution in [0, 0.1) is 0 Å². The Hall–Kier alpha value is -1.61. The van der Waals surface area contributed by atoms with Gasteiger partial charge in [0.25, 0.3) is 0 Å². The summed E-state index contributed by atoms with van der Waals surface area (Å²) >= 11 is 0. The molecule has 0 aliphatic carbocycles. The van der Waals surface area contributed by atoms with Gasteiger partial charge in [0.05, 0.1) is 6.04 Å². The molecule has 0 spiro atoms. The van der Waals surface area contributed by atoms with Gasteiger partial charge in [-0.1, -0.05) is 36.4 Å². The Morgan fingerprint density at radius 2 is 2.12 bits per heavy atom. The van der Waals surface area contributed by atoms with Crippen molar-refractivity contribution in [2.45, 2.75) is 31.8 Å². The quantitative estimate of drug-likeness (QED) is 0.733. The third-order valence-electron chi connectivity index (χ3n) is 2.65. The molecule has 3 N–H and O–H groups in total. The van der Waals surface area contributed by atoms with Crippen molar-refractivity contribution in [1.82, 2.24) is 5.32 Å². The molecule has 1 aromatic rings. The lowest BCUT2D eigenvalue weighted by Gasteiger charge is -2.14. The second kappa shape index (κ2) is 6.86. The van der Waals surface area contributed by atoms with Crippen molar-refractivity contribution in [1.29, 1.82) is 0 Å². The van der Waals surface area contributed by atoms with Crippen LogP contribution >= 0.6 is 0 Å². The standard InChI is InChI=1S/C14H20N2O/c1-3-11(2)16-14(17)13(15)10-9-12-7-5-4-6-8-12/h3-8,11,13H,1,9-10,15H2,2H3,(H,16,17). The lowest BCUT2D eigenvalue weighted by molar-refractivity contribution is -0.122. The van der Waals surface area contributed by atoms with Gasteiger partial charge in [0, 0.05) is 6.04 Å². The number of nitrogens with two attached hydrogens (primary N) is 1. The van der Waals surface area contributed by atoms with E-state index in [0.29, 0.717) is 6.42 Å². The molecule has 0 heterocycles. The molecule has 3 nitrogen and oxygen atoms in total. The van der Waals surface area contributed by atoms with E-state index in [-0.39, 0.29) is 11.9 Å². The average Bonchev–Trinajstić information content (AvgIpc) is 2.36. The van der Waals surface area contributed by atoms with Crippen molar-refractivity contribution in [3.63, 3.8) is 0 Å². The van der Waals surface area contributed by atoms with E-state index in [1.165, 1.54) is 5.56 Å². The molecule has 1 rings (SSSR count). The molecule has 3 heteroatoms. The van der Waals surface area contributed by atoms with E-state index in [2.05, 4.69) is 11.9 Å². The van der Waals surface area contributed by atoms with Crippen molar-refractivity contribution in [3.8, 4) is 0 Å². The van der Waals surface area contributed by atoms with Gasteiger partial charge in [-0.25, -0.2) is 0 Å². The number of amides is 1. The second-order valence-electron chi connectivity index (χ2n) is 4.16. The van der Waals surface area contributed by atoms with Gasteiger partial charge in [-0.05, 0) is 25.3 Å². The van der Waals surface area contributed by atoms with Gasteiger partial charge in [-0.2, -0.15) is 0 Å². The number of hydrogen-bond acceptors (Lipinski definition) is 2. The van der Waals surface area contributed by atoms with Crippen LogP contribution < -0.4 is 11.1 Å². The number of rotatable bonds is 6. The van der Waals surface area contributed by atoms with Crippen LogP contribution in [0.5, 0.6) is 0 Å². The van der Waals surface area contributed by atoms with E-state index < -0.39 is 6.04 Å². The van der Waals surface area contributed by atoms with Crippen LogP contribution in [-0.2, 0) is 11.2 Å². The maximum Gasteiger partial charge on any atom is 0.237 e. The Bertz CT molecular complexity index is 362. The van der Waals surface area contributed by atoms with Crippen LogP contribution in [0.25, 0.3) is 0 Å². The van der Waals surface area contributed by atoms with Gasteiger partial charge < -0.3 is 11.1 Å². The fourth-order valence-electron chi connectivity index (χ4n) is 1.49. The van der Waals surface area contributed by atoms with Crippen LogP contribution in [0.1, 0.15) is 18.9 Å². The third kappa shape index (κ3) is 4.83. The second-order valence-corrected chi connectivity index (χ2v) is 4.16. The van der Waals surface area contributed by atoms with E-state index in [4.69, 9.17) is 5.73 Å². The van der Waals surface area contributed by atoms with Crippen molar-refractivity contribution < 1.29 is 4.79 Å². The average molecular weight is 232 g/mol. The summed E-state index contributed by atoms with van der Waals surface area (Å²) in [6.45, 7) is 5.48. The molecule has 1 aromatic carbocycles. The summed E-state index contributed by atoms with van der Waals surface area (Å²) in [5.74, 6) is -0.117. The number of hydrogen-bond donors (Lipinski definition) is 2. The Morgan fingerprint density at radius 3 is 2.71 bits per heavy atom. The number of aryl methyl sites for hydroxylation is 1. The molecule has 0 aliphatic rings. The SMILES string of the molecule is C=CC(C)NC(=O)C(N)CCc1ccccc1. The van der Waals surface area contributed by atoms with Crippen LogP contribution in [0.3, 0.4) is 0 Å². The number of carbonyl (C=O) groups is 1. The highest BCUT2D eigenvalue weighted by Crippen LogP contribution is 2.04. The highest BCUT2D eigenvalue weighted by atomic mass is 16.2. The first-order valence-electron chi connectivity index (χ1n) is 5.86. The monoisotopic (exact) mass is 232 g/mol. The highest BCUT2D eigenvalue weighted by molar-refractivity contribution is 5.81. The van der Waals surface area contributed by atoms with E-state index in [1.54, 1.807) is 6.08 Å². The zero-order valence-corrected chi connectivity index (χ0v) is 10.2. The van der Waals surface area contributed by atoms with E-state index in [1.807, 2.05) is 37.3 Å². The molecule has 2 atom stereocenters. The summed E-state index contributed by atoms with van der Waals surface area (Å²) in [7, 11) is 0. The predicted octanol–water partition coefficient (Wildman–Crippen LogP) is 1.64. The molecule has 92 valence electrons. The minimum atomic E-state index is -0.461. The van der Waals surface area contributed by atoms with Gasteiger partial charge >= 0.3 is 0 Å². The first-order valence-corrected chi connectivity index (χ1v) is 5.86. The molecule has 0 saturated carbocycles. The van der Waals surface area contributed by atoms with Crippen LogP contribution in [0.2, 0.25) is 0 Å². The van der Waals surface area contributed by atoms with Crippen LogP contribution in [0.15, 0.2) is 43.0 Å². The first-order chi connectivity index (χ1) is 8.13. The van der Waals surface area contributed by atoms with E-state index in [9.17, 15) is 4.79 Å². The predicted molar refractivity (Wildman–Crippen MR) is 70.5 cm³/mol. The summed E-state index contributed by atoms with van der Waals surface area (Å²) in [6, 6.07) is 9.53. The Kier molecular flexibility index (Phi) is 5.43. The largest absolute Gasteiger partial charge is 0.349 e. The van der Waals surface area contributed by atoms with Crippen LogP contribution in [0.4, 0.5) is 0 Å². The minimum absolute atomic E-state index is 0.0368. The molecular formula is C14H20N2O. The fourth-order valence-corrected chi connectivity index (χ4v) is 1.49. The third-order valence-corrected chi connectivity index (χ3v) is 2.65. The van der Waals surface area contributed by atoms with Gasteiger partial charge in [0.2, 0.25) is 5.91 Å². The van der Waals surface area contributed by atoms with Crippen molar-refractivity contribution >= 4 is 5.91 Å². The number of benzene rings is 1. The Labute approximate surface area is 103 Å². The summed E-state index contributed by atoms with van der Waals surface area (Å²) < 4.78 is 0. The summed E-state index contributed by atoms with van der Waals surface area (Å²) in [4.78, 5) is 11.6. The van der Waals surface area contributed by atoms with Crippen molar-refractivity contribution in [2.75, 3.05) is 0 Å². The lowest BCUT2D eigenvalue weighted by Crippen LogP contribution is -2.44. The van der Waals surface area contributed by atoms with Crippen molar-refractivity contribution in [3.05, 3.63) is 48.6 Å². The summed E-state index contributed by atoms with van der Waals surface area (Å²) in [5.41, 5.74) is 7.02. The number of carbonyl (C=O) groups excluding carboxylic acids is 1. The molecule has 0 saturated heterocycles. The Balaban J connectivity index is 2.36.